The van der Waals surface area contributed by atoms with Crippen LogP contribution in [0.3, 0.4) is 0 Å². The number of anilines is 1. The number of halogens is 2. The number of hydrogen-bond acceptors (Lipinski definition) is 3. The fraction of sp³-hybridized carbons (Fsp3) is 0.519. The monoisotopic (exact) mass is 456 g/mol. The van der Waals surface area contributed by atoms with Gasteiger partial charge in [0.2, 0.25) is 5.91 Å². The smallest absolute Gasteiger partial charge is 0.221 e. The van der Waals surface area contributed by atoms with Crippen LogP contribution in [0, 0.1) is 17.0 Å². The van der Waals surface area contributed by atoms with Crippen molar-refractivity contribution < 1.29 is 18.3 Å². The number of hydrogen-bond donors (Lipinski definition) is 1. The Morgan fingerprint density at radius 3 is 2.52 bits per heavy atom. The number of likely N-dealkylation sites (tertiary alicyclic amines) is 1. The first-order valence-electron chi connectivity index (χ1n) is 11.7. The Morgan fingerprint density at radius 2 is 1.85 bits per heavy atom. The molecule has 1 heterocycles. The fourth-order valence-corrected chi connectivity index (χ4v) is 5.86. The molecule has 1 saturated heterocycles. The van der Waals surface area contributed by atoms with E-state index < -0.39 is 11.6 Å². The molecule has 1 fully saturated rings. The van der Waals surface area contributed by atoms with E-state index in [1.165, 1.54) is 29.3 Å². The number of piperidine rings is 1. The number of nitrogens with one attached hydrogen (secondary N) is 1. The largest absolute Gasteiger partial charge is 0.372 e. The molecule has 4 nitrogen and oxygen atoms in total. The molecule has 33 heavy (non-hydrogen) atoms. The van der Waals surface area contributed by atoms with Crippen LogP contribution in [0.25, 0.3) is 0 Å². The Kier molecular flexibility index (Phi) is 6.36. The van der Waals surface area contributed by atoms with E-state index >= 15 is 0 Å². The minimum atomic E-state index is -0.577. The molecule has 0 saturated carbocycles. The van der Waals surface area contributed by atoms with Gasteiger partial charge in [-0.2, -0.15) is 0 Å². The van der Waals surface area contributed by atoms with Crippen LogP contribution in [0.1, 0.15) is 57.7 Å². The van der Waals surface area contributed by atoms with Crippen molar-refractivity contribution in [3.05, 3.63) is 64.7 Å². The lowest BCUT2D eigenvalue weighted by Gasteiger charge is -2.61. The summed E-state index contributed by atoms with van der Waals surface area (Å²) < 4.78 is 33.8. The van der Waals surface area contributed by atoms with E-state index in [1.54, 1.807) is 6.92 Å². The molecular formula is C27H34F2N2O2. The van der Waals surface area contributed by atoms with Crippen LogP contribution >= 0.6 is 0 Å². The van der Waals surface area contributed by atoms with Crippen LogP contribution < -0.4 is 5.32 Å². The Balaban J connectivity index is 1.55. The summed E-state index contributed by atoms with van der Waals surface area (Å²) in [5, 5.41) is 3.02. The summed E-state index contributed by atoms with van der Waals surface area (Å²) >= 11 is 0. The molecule has 0 radical (unpaired) electrons. The maximum atomic E-state index is 14.0. The third-order valence-electron chi connectivity index (χ3n) is 8.14. The first kappa shape index (κ1) is 23.8. The Hall–Kier alpha value is -2.31. The number of ether oxygens (including phenoxy) is 1. The van der Waals surface area contributed by atoms with Crippen LogP contribution in [0.2, 0.25) is 0 Å². The van der Waals surface area contributed by atoms with Gasteiger partial charge in [-0.3, -0.25) is 9.69 Å². The number of carbonyl (C=O) groups is 1. The molecule has 0 aromatic heterocycles. The lowest BCUT2D eigenvalue weighted by molar-refractivity contribution is -0.114. The Morgan fingerprint density at radius 1 is 1.18 bits per heavy atom. The molecule has 2 aromatic carbocycles. The maximum Gasteiger partial charge on any atom is 0.221 e. The highest BCUT2D eigenvalue weighted by atomic mass is 19.1. The molecule has 0 spiro atoms. The lowest BCUT2D eigenvalue weighted by Crippen LogP contribution is -2.64. The van der Waals surface area contributed by atoms with Crippen molar-refractivity contribution in [3.8, 4) is 0 Å². The second kappa shape index (κ2) is 8.80. The van der Waals surface area contributed by atoms with Crippen molar-refractivity contribution in [1.29, 1.82) is 0 Å². The van der Waals surface area contributed by atoms with E-state index in [0.717, 1.165) is 25.1 Å². The van der Waals surface area contributed by atoms with Crippen molar-refractivity contribution in [2.75, 3.05) is 18.4 Å². The van der Waals surface area contributed by atoms with Gasteiger partial charge in [0.25, 0.3) is 0 Å². The number of rotatable bonds is 6. The number of nitrogens with zero attached hydrogens (tertiary/aromatic N) is 1. The summed E-state index contributed by atoms with van der Waals surface area (Å²) in [4.78, 5) is 14.3. The van der Waals surface area contributed by atoms with Gasteiger partial charge in [0.15, 0.2) is 0 Å². The van der Waals surface area contributed by atoms with E-state index in [-0.39, 0.29) is 41.1 Å². The van der Waals surface area contributed by atoms with Crippen molar-refractivity contribution in [2.45, 2.75) is 71.6 Å². The zero-order valence-corrected chi connectivity index (χ0v) is 20.2. The average molecular weight is 457 g/mol. The molecular weight excluding hydrogens is 422 g/mol. The highest BCUT2D eigenvalue weighted by Crippen LogP contribution is 2.57. The Bertz CT molecular complexity index is 1030. The number of fused-ring (bicyclic) bond motifs is 4. The summed E-state index contributed by atoms with van der Waals surface area (Å²) in [5.74, 6) is -1.22. The third-order valence-corrected chi connectivity index (χ3v) is 8.14. The van der Waals surface area contributed by atoms with Gasteiger partial charge in [-0.25, -0.2) is 8.78 Å². The number of carbonyl (C=O) groups excluding carboxylic acids is 1. The van der Waals surface area contributed by atoms with Gasteiger partial charge in [0, 0.05) is 36.2 Å². The zero-order valence-electron chi connectivity index (χ0n) is 20.2. The van der Waals surface area contributed by atoms with Gasteiger partial charge in [0.05, 0.1) is 12.7 Å². The summed E-state index contributed by atoms with van der Waals surface area (Å²) in [6.45, 7) is 12.0. The number of benzene rings is 2. The lowest BCUT2D eigenvalue weighted by atomic mass is 9.51. The predicted molar refractivity (Wildman–Crippen MR) is 126 cm³/mol. The second-order valence-electron chi connectivity index (χ2n) is 10.4. The molecule has 4 rings (SSSR count). The predicted octanol–water partition coefficient (Wildman–Crippen LogP) is 5.44. The molecule has 178 valence electrons. The molecule has 1 unspecified atom stereocenters. The van der Waals surface area contributed by atoms with E-state index in [4.69, 9.17) is 4.74 Å². The van der Waals surface area contributed by atoms with E-state index in [1.807, 2.05) is 19.1 Å². The van der Waals surface area contributed by atoms with E-state index in [9.17, 15) is 13.6 Å². The summed E-state index contributed by atoms with van der Waals surface area (Å²) in [6, 6.07) is 10.4. The normalized spacial score (nSPS) is 24.8. The first-order chi connectivity index (χ1) is 15.5. The molecule has 1 N–H and O–H groups in total. The van der Waals surface area contributed by atoms with Crippen molar-refractivity contribution in [2.24, 2.45) is 5.41 Å². The fourth-order valence-electron chi connectivity index (χ4n) is 5.86. The summed E-state index contributed by atoms with van der Waals surface area (Å²) in [5.41, 5.74) is 3.40. The SMILES string of the molecule is CC(=O)Nc1cccc2c1C[C@H]1N(CC(C)OCc3c(F)cccc3F)CC[C@]2(C)C1(C)C. The van der Waals surface area contributed by atoms with E-state index in [0.29, 0.717) is 6.54 Å². The van der Waals surface area contributed by atoms with Crippen molar-refractivity contribution in [1.82, 2.24) is 4.90 Å². The standard InChI is InChI=1S/C27H34F2N2O2/c1-17(33-16-20-22(28)9-7-10-23(20)29)15-31-13-12-27(5)21-8-6-11-24(30-18(2)32)19(21)14-25(31)26(27,3)4/h6-11,17,25H,12-16H2,1-5H3,(H,30,32)/t17?,25-,27+/m1/s1. The highest BCUT2D eigenvalue weighted by Gasteiger charge is 2.56. The van der Waals surface area contributed by atoms with Gasteiger partial charge in [0.1, 0.15) is 11.6 Å². The van der Waals surface area contributed by atoms with Crippen LogP contribution in [0.4, 0.5) is 14.5 Å². The van der Waals surface area contributed by atoms with Gasteiger partial charge in [-0.05, 0) is 61.1 Å². The molecule has 1 aliphatic heterocycles. The van der Waals surface area contributed by atoms with Gasteiger partial charge >= 0.3 is 0 Å². The van der Waals surface area contributed by atoms with Gasteiger partial charge < -0.3 is 10.1 Å². The second-order valence-corrected chi connectivity index (χ2v) is 10.4. The molecule has 6 heteroatoms. The van der Waals surface area contributed by atoms with Crippen LogP contribution in [-0.4, -0.2) is 36.0 Å². The van der Waals surface area contributed by atoms with Crippen molar-refractivity contribution in [3.63, 3.8) is 0 Å². The minimum Gasteiger partial charge on any atom is -0.372 e. The van der Waals surface area contributed by atoms with Crippen LogP contribution in [0.5, 0.6) is 0 Å². The molecule has 2 aromatic rings. The molecule has 3 atom stereocenters. The summed E-state index contributed by atoms with van der Waals surface area (Å²) in [6.07, 6.45) is 1.64. The zero-order chi connectivity index (χ0) is 24.0. The number of amides is 1. The topological polar surface area (TPSA) is 41.6 Å². The van der Waals surface area contributed by atoms with Gasteiger partial charge in [-0.1, -0.05) is 39.0 Å². The maximum absolute atomic E-state index is 14.0. The average Bonchev–Trinajstić information content (AvgIpc) is 2.72. The van der Waals surface area contributed by atoms with Gasteiger partial charge in [-0.15, -0.1) is 0 Å². The molecule has 1 amide bonds. The minimum absolute atomic E-state index is 0.00443. The summed E-state index contributed by atoms with van der Waals surface area (Å²) in [7, 11) is 0. The van der Waals surface area contributed by atoms with E-state index in [2.05, 4.69) is 37.1 Å². The highest BCUT2D eigenvalue weighted by molar-refractivity contribution is 5.90. The molecule has 2 bridgehead atoms. The first-order valence-corrected chi connectivity index (χ1v) is 11.7. The molecule has 2 aliphatic rings. The quantitative estimate of drug-likeness (QED) is 0.629. The van der Waals surface area contributed by atoms with Crippen molar-refractivity contribution >= 4 is 11.6 Å². The molecule has 1 aliphatic carbocycles. The Labute approximate surface area is 195 Å². The van der Waals surface area contributed by atoms with Crippen LogP contribution in [-0.2, 0) is 28.0 Å². The third kappa shape index (κ3) is 4.19. The van der Waals surface area contributed by atoms with Crippen LogP contribution in [0.15, 0.2) is 36.4 Å².